The Morgan fingerprint density at radius 2 is 1.59 bits per heavy atom. The van der Waals surface area contributed by atoms with E-state index in [1.807, 2.05) is 37.4 Å². The maximum atomic E-state index is 12.4. The van der Waals surface area contributed by atoms with E-state index >= 15 is 0 Å². The van der Waals surface area contributed by atoms with Crippen LogP contribution < -0.4 is 21.4 Å². The summed E-state index contributed by atoms with van der Waals surface area (Å²) in [6.07, 6.45) is 0. The number of nitrogens with one attached hydrogen (secondary N) is 4. The van der Waals surface area contributed by atoms with Gasteiger partial charge in [0.05, 0.1) is 0 Å². The van der Waals surface area contributed by atoms with Crippen LogP contribution in [0.5, 0.6) is 0 Å². The van der Waals surface area contributed by atoms with E-state index in [4.69, 9.17) is 5.21 Å². The lowest BCUT2D eigenvalue weighted by molar-refractivity contribution is -0.131. The molecule has 2 amide bonds. The fraction of sp³-hybridized carbons (Fsp3) is 0.273. The van der Waals surface area contributed by atoms with Crippen LogP contribution in [0.15, 0.2) is 54.6 Å². The molecule has 7 nitrogen and oxygen atoms in total. The van der Waals surface area contributed by atoms with Crippen molar-refractivity contribution < 1.29 is 14.8 Å². The van der Waals surface area contributed by atoms with Crippen LogP contribution in [0.25, 0.3) is 0 Å². The summed E-state index contributed by atoms with van der Waals surface area (Å²) in [5, 5.41) is 17.5. The van der Waals surface area contributed by atoms with Crippen molar-refractivity contribution in [3.63, 3.8) is 0 Å². The molecule has 0 aliphatic carbocycles. The number of likely N-dealkylation sites (N-methyl/N-ethyl adjacent to an activating group) is 1. The van der Waals surface area contributed by atoms with Gasteiger partial charge in [-0.25, -0.2) is 5.48 Å². The average molecular weight is 396 g/mol. The highest BCUT2D eigenvalue weighted by Crippen LogP contribution is 2.05. The van der Waals surface area contributed by atoms with Crippen LogP contribution in [0.2, 0.25) is 0 Å². The van der Waals surface area contributed by atoms with Gasteiger partial charge in [0, 0.05) is 36.3 Å². The molecular weight excluding hydrogens is 368 g/mol. The molecule has 0 unspecified atom stereocenters. The average Bonchev–Trinajstić information content (AvgIpc) is 2.74. The van der Waals surface area contributed by atoms with Crippen LogP contribution in [0.4, 0.5) is 0 Å². The van der Waals surface area contributed by atoms with Crippen molar-refractivity contribution in [2.24, 2.45) is 0 Å². The Labute approximate surface area is 171 Å². The third-order valence-electron chi connectivity index (χ3n) is 3.90. The molecule has 0 saturated carbocycles. The molecule has 0 aliphatic rings. The van der Waals surface area contributed by atoms with E-state index in [1.165, 1.54) is 0 Å². The standard InChI is InChI=1S/C21H24N4O3.CH4/c1-22-13-14-23-15-19(21(27)25-28)24-20(26)18-11-9-17(10-12-18)8-7-16-5-3-2-4-6-16;/h2-6,9-12,19,22-23,28H,13-15H2,1H3,(H,24,26)(H,25,27);1H4/t19-;/m0./s1. The van der Waals surface area contributed by atoms with Crippen molar-refractivity contribution in [1.82, 2.24) is 21.4 Å². The summed E-state index contributed by atoms with van der Waals surface area (Å²) in [4.78, 5) is 24.2. The number of hydrogen-bond donors (Lipinski definition) is 5. The Hall–Kier alpha value is -3.18. The summed E-state index contributed by atoms with van der Waals surface area (Å²) in [5.74, 6) is 5.00. The monoisotopic (exact) mass is 396 g/mol. The zero-order valence-corrected chi connectivity index (χ0v) is 15.7. The van der Waals surface area contributed by atoms with Crippen molar-refractivity contribution >= 4 is 11.8 Å². The fourth-order valence-electron chi connectivity index (χ4n) is 2.36. The molecule has 0 aromatic heterocycles. The van der Waals surface area contributed by atoms with Crippen LogP contribution in [0.3, 0.4) is 0 Å². The minimum Gasteiger partial charge on any atom is -0.339 e. The molecule has 154 valence electrons. The molecular formula is C22H28N4O3. The molecule has 2 aromatic rings. The van der Waals surface area contributed by atoms with Gasteiger partial charge >= 0.3 is 0 Å². The lowest BCUT2D eigenvalue weighted by atomic mass is 10.1. The maximum Gasteiger partial charge on any atom is 0.267 e. The van der Waals surface area contributed by atoms with Gasteiger partial charge in [-0.05, 0) is 43.4 Å². The first kappa shape index (κ1) is 23.9. The Bertz CT molecular complexity index is 827. The highest BCUT2D eigenvalue weighted by Gasteiger charge is 2.20. The van der Waals surface area contributed by atoms with Gasteiger partial charge in [-0.2, -0.15) is 0 Å². The van der Waals surface area contributed by atoms with Gasteiger partial charge in [-0.3, -0.25) is 14.8 Å². The van der Waals surface area contributed by atoms with Crippen molar-refractivity contribution in [3.05, 3.63) is 71.3 Å². The first-order valence-corrected chi connectivity index (χ1v) is 8.91. The molecule has 0 radical (unpaired) electrons. The van der Waals surface area contributed by atoms with Gasteiger partial charge in [-0.1, -0.05) is 37.5 Å². The molecule has 1 atom stereocenters. The molecule has 29 heavy (non-hydrogen) atoms. The van der Waals surface area contributed by atoms with E-state index < -0.39 is 17.9 Å². The third kappa shape index (κ3) is 8.15. The zero-order chi connectivity index (χ0) is 20.2. The molecule has 0 saturated heterocycles. The fourth-order valence-corrected chi connectivity index (χ4v) is 2.36. The lowest BCUT2D eigenvalue weighted by Gasteiger charge is -2.17. The van der Waals surface area contributed by atoms with E-state index in [1.54, 1.807) is 29.7 Å². The first-order chi connectivity index (χ1) is 13.6. The quantitative estimate of drug-likeness (QED) is 0.199. The van der Waals surface area contributed by atoms with Gasteiger partial charge in [-0.15, -0.1) is 0 Å². The second-order valence-corrected chi connectivity index (χ2v) is 6.00. The second-order valence-electron chi connectivity index (χ2n) is 6.00. The van der Waals surface area contributed by atoms with Gasteiger partial charge in [0.1, 0.15) is 6.04 Å². The number of carbonyl (C=O) groups excluding carboxylic acids is 2. The first-order valence-electron chi connectivity index (χ1n) is 8.91. The Morgan fingerprint density at radius 3 is 2.17 bits per heavy atom. The van der Waals surface area contributed by atoms with Gasteiger partial charge in [0.25, 0.3) is 11.8 Å². The third-order valence-corrected chi connectivity index (χ3v) is 3.90. The highest BCUT2D eigenvalue weighted by molar-refractivity contribution is 5.97. The lowest BCUT2D eigenvalue weighted by Crippen LogP contribution is -2.51. The Balaban J connectivity index is 0.00000420. The van der Waals surface area contributed by atoms with E-state index in [0.29, 0.717) is 18.7 Å². The van der Waals surface area contributed by atoms with E-state index in [9.17, 15) is 9.59 Å². The van der Waals surface area contributed by atoms with Gasteiger partial charge in [0.2, 0.25) is 0 Å². The molecule has 0 fully saturated rings. The number of hydrogen-bond acceptors (Lipinski definition) is 5. The zero-order valence-electron chi connectivity index (χ0n) is 15.7. The van der Waals surface area contributed by atoms with Crippen LogP contribution >= 0.6 is 0 Å². The topological polar surface area (TPSA) is 102 Å². The molecule has 7 heteroatoms. The summed E-state index contributed by atoms with van der Waals surface area (Å²) in [6, 6.07) is 15.5. The Morgan fingerprint density at radius 1 is 0.966 bits per heavy atom. The predicted octanol–water partition coefficient (Wildman–Crippen LogP) is 1.14. The minimum atomic E-state index is -0.896. The molecule has 5 N–H and O–H groups in total. The summed E-state index contributed by atoms with van der Waals surface area (Å²) >= 11 is 0. The SMILES string of the molecule is C.CNCCNC[C@H](NC(=O)c1ccc(C#Cc2ccccc2)cc1)C(=O)NO. The Kier molecular flexibility index (Phi) is 10.8. The molecule has 0 spiro atoms. The van der Waals surface area contributed by atoms with E-state index in [2.05, 4.69) is 27.8 Å². The summed E-state index contributed by atoms with van der Waals surface area (Å²) in [7, 11) is 1.81. The van der Waals surface area contributed by atoms with E-state index in [-0.39, 0.29) is 14.0 Å². The molecule has 0 heterocycles. The smallest absolute Gasteiger partial charge is 0.267 e. The molecule has 0 aliphatic heterocycles. The normalized spacial score (nSPS) is 10.7. The van der Waals surface area contributed by atoms with Crippen molar-refractivity contribution in [2.45, 2.75) is 13.5 Å². The van der Waals surface area contributed by atoms with Crippen LogP contribution in [-0.2, 0) is 4.79 Å². The number of amides is 2. The number of hydroxylamine groups is 1. The van der Waals surface area contributed by atoms with Gasteiger partial charge in [0.15, 0.2) is 0 Å². The molecule has 2 rings (SSSR count). The van der Waals surface area contributed by atoms with Gasteiger partial charge < -0.3 is 16.0 Å². The molecule has 0 bridgehead atoms. The number of carbonyl (C=O) groups is 2. The van der Waals surface area contributed by atoms with Crippen LogP contribution in [0.1, 0.15) is 28.9 Å². The largest absolute Gasteiger partial charge is 0.339 e. The predicted molar refractivity (Wildman–Crippen MR) is 114 cm³/mol. The summed E-state index contributed by atoms with van der Waals surface area (Å²) in [5.41, 5.74) is 3.66. The van der Waals surface area contributed by atoms with Crippen LogP contribution in [0, 0.1) is 11.8 Å². The van der Waals surface area contributed by atoms with Crippen molar-refractivity contribution in [2.75, 3.05) is 26.7 Å². The summed E-state index contributed by atoms with van der Waals surface area (Å²) in [6.45, 7) is 1.53. The van der Waals surface area contributed by atoms with Crippen LogP contribution in [-0.4, -0.2) is 49.7 Å². The number of rotatable bonds is 8. The summed E-state index contributed by atoms with van der Waals surface area (Å²) < 4.78 is 0. The second kappa shape index (κ2) is 13.1. The number of benzene rings is 2. The van der Waals surface area contributed by atoms with Crippen molar-refractivity contribution in [1.29, 1.82) is 0 Å². The highest BCUT2D eigenvalue weighted by atomic mass is 16.5. The minimum absolute atomic E-state index is 0. The van der Waals surface area contributed by atoms with E-state index in [0.717, 1.165) is 11.1 Å². The van der Waals surface area contributed by atoms with Crippen molar-refractivity contribution in [3.8, 4) is 11.8 Å². The maximum absolute atomic E-state index is 12.4. The molecule has 2 aromatic carbocycles.